The van der Waals surface area contributed by atoms with Crippen LogP contribution >= 0.6 is 22.9 Å². The van der Waals surface area contributed by atoms with Crippen LogP contribution < -0.4 is 9.47 Å². The Kier molecular flexibility index (Phi) is 5.57. The quantitative estimate of drug-likeness (QED) is 0.543. The summed E-state index contributed by atoms with van der Waals surface area (Å²) in [5.41, 5.74) is 2.91. The average molecular weight is 383 g/mol. The van der Waals surface area contributed by atoms with Crippen molar-refractivity contribution in [2.75, 3.05) is 14.2 Å². The van der Waals surface area contributed by atoms with E-state index in [1.165, 1.54) is 11.3 Å². The number of hydrogen-bond donors (Lipinski definition) is 0. The van der Waals surface area contributed by atoms with E-state index in [1.807, 2.05) is 29.6 Å². The molecule has 0 aliphatic heterocycles. The maximum atomic E-state index is 9.54. The van der Waals surface area contributed by atoms with Crippen LogP contribution in [0, 0.1) is 11.3 Å². The fraction of sp³-hybridized carbons (Fsp3) is 0.100. The van der Waals surface area contributed by atoms with Crippen LogP contribution in [-0.2, 0) is 0 Å². The van der Waals surface area contributed by atoms with Crippen molar-refractivity contribution < 1.29 is 9.47 Å². The number of rotatable bonds is 5. The van der Waals surface area contributed by atoms with Crippen LogP contribution in [0.1, 0.15) is 10.6 Å². The molecule has 1 heterocycles. The smallest absolute Gasteiger partial charge is 0.134 e. The summed E-state index contributed by atoms with van der Waals surface area (Å²) in [6.45, 7) is 0. The summed E-state index contributed by atoms with van der Waals surface area (Å²) in [5, 5.41) is 12.7. The van der Waals surface area contributed by atoms with Gasteiger partial charge in [0.2, 0.25) is 0 Å². The molecular weight excluding hydrogens is 368 g/mol. The molecular formula is C20H15ClN2O2S. The summed E-state index contributed by atoms with van der Waals surface area (Å²) in [7, 11) is 3.22. The average Bonchev–Trinajstić information content (AvgIpc) is 3.16. The minimum atomic E-state index is 0.493. The lowest BCUT2D eigenvalue weighted by Crippen LogP contribution is -1.89. The second kappa shape index (κ2) is 8.05. The van der Waals surface area contributed by atoms with Gasteiger partial charge in [0.15, 0.2) is 0 Å². The third-order valence-corrected chi connectivity index (χ3v) is 4.83. The lowest BCUT2D eigenvalue weighted by molar-refractivity contribution is 0.415. The summed E-state index contributed by atoms with van der Waals surface area (Å²) < 4.78 is 10.5. The summed E-state index contributed by atoms with van der Waals surface area (Å²) in [6, 6.07) is 15.1. The highest BCUT2D eigenvalue weighted by molar-refractivity contribution is 7.11. The summed E-state index contributed by atoms with van der Waals surface area (Å²) in [6.07, 6.45) is 1.80. The highest BCUT2D eigenvalue weighted by Crippen LogP contribution is 2.34. The zero-order chi connectivity index (χ0) is 18.5. The minimum absolute atomic E-state index is 0.493. The Morgan fingerprint density at radius 2 is 1.92 bits per heavy atom. The van der Waals surface area contributed by atoms with Gasteiger partial charge in [-0.3, -0.25) is 0 Å². The van der Waals surface area contributed by atoms with Gasteiger partial charge in [0, 0.05) is 16.0 Å². The van der Waals surface area contributed by atoms with Gasteiger partial charge in [-0.05, 0) is 42.0 Å². The summed E-state index contributed by atoms with van der Waals surface area (Å²) >= 11 is 7.50. The summed E-state index contributed by atoms with van der Waals surface area (Å²) in [5.74, 6) is 1.45. The standard InChI is InChI=1S/C20H15ClN2O2S/c1-24-16-6-3-13(4-7-16)9-14(11-22)20-23-18(12-26-20)17-10-15(21)5-8-19(17)25-2/h3-10,12H,1-2H3. The van der Waals surface area contributed by atoms with Gasteiger partial charge in [0.05, 0.1) is 25.5 Å². The van der Waals surface area contributed by atoms with Crippen LogP contribution in [0.3, 0.4) is 0 Å². The van der Waals surface area contributed by atoms with E-state index in [9.17, 15) is 5.26 Å². The second-order valence-electron chi connectivity index (χ2n) is 5.33. The molecule has 0 amide bonds. The molecule has 0 radical (unpaired) electrons. The molecule has 26 heavy (non-hydrogen) atoms. The second-order valence-corrected chi connectivity index (χ2v) is 6.62. The van der Waals surface area contributed by atoms with Crippen LogP contribution in [-0.4, -0.2) is 19.2 Å². The Bertz CT molecular complexity index is 988. The first kappa shape index (κ1) is 18.0. The molecule has 0 spiro atoms. The third kappa shape index (κ3) is 3.88. The number of methoxy groups -OCH3 is 2. The molecule has 0 saturated heterocycles. The SMILES string of the molecule is COc1ccc(C=C(C#N)c2nc(-c3cc(Cl)ccc3OC)cs2)cc1. The lowest BCUT2D eigenvalue weighted by atomic mass is 10.1. The van der Waals surface area contributed by atoms with E-state index in [1.54, 1.807) is 38.5 Å². The number of thiazole rings is 1. The Morgan fingerprint density at radius 1 is 1.15 bits per heavy atom. The van der Waals surface area contributed by atoms with Crippen molar-refractivity contribution >= 4 is 34.6 Å². The van der Waals surface area contributed by atoms with Gasteiger partial charge in [0.25, 0.3) is 0 Å². The zero-order valence-electron chi connectivity index (χ0n) is 14.2. The molecule has 0 bridgehead atoms. The Hall–Kier alpha value is -2.81. The Labute approximate surface area is 160 Å². The first-order chi connectivity index (χ1) is 12.6. The van der Waals surface area contributed by atoms with Crippen LogP contribution in [0.15, 0.2) is 47.8 Å². The molecule has 0 N–H and O–H groups in total. The van der Waals surface area contributed by atoms with Gasteiger partial charge in [0.1, 0.15) is 22.6 Å². The van der Waals surface area contributed by atoms with E-state index in [0.29, 0.717) is 21.4 Å². The van der Waals surface area contributed by atoms with Gasteiger partial charge < -0.3 is 9.47 Å². The minimum Gasteiger partial charge on any atom is -0.497 e. The molecule has 0 unspecified atom stereocenters. The number of allylic oxidation sites excluding steroid dienone is 1. The first-order valence-electron chi connectivity index (χ1n) is 7.70. The van der Waals surface area contributed by atoms with Crippen molar-refractivity contribution in [2.24, 2.45) is 0 Å². The van der Waals surface area contributed by atoms with Crippen LogP contribution in [0.25, 0.3) is 22.9 Å². The van der Waals surface area contributed by atoms with E-state index in [-0.39, 0.29) is 0 Å². The number of benzene rings is 2. The maximum absolute atomic E-state index is 9.54. The van der Waals surface area contributed by atoms with Crippen molar-refractivity contribution in [3.8, 4) is 28.8 Å². The molecule has 130 valence electrons. The number of ether oxygens (including phenoxy) is 2. The van der Waals surface area contributed by atoms with Gasteiger partial charge >= 0.3 is 0 Å². The Morgan fingerprint density at radius 3 is 2.58 bits per heavy atom. The largest absolute Gasteiger partial charge is 0.497 e. The van der Waals surface area contributed by atoms with Crippen molar-refractivity contribution in [2.45, 2.75) is 0 Å². The van der Waals surface area contributed by atoms with E-state index < -0.39 is 0 Å². The summed E-state index contributed by atoms with van der Waals surface area (Å²) in [4.78, 5) is 4.60. The van der Waals surface area contributed by atoms with Crippen LogP contribution in [0.4, 0.5) is 0 Å². The number of nitriles is 1. The van der Waals surface area contributed by atoms with Crippen LogP contribution in [0.5, 0.6) is 11.5 Å². The molecule has 0 aliphatic carbocycles. The van der Waals surface area contributed by atoms with Crippen molar-refractivity contribution in [1.29, 1.82) is 5.26 Å². The zero-order valence-corrected chi connectivity index (χ0v) is 15.8. The predicted molar refractivity (Wildman–Crippen MR) is 106 cm³/mol. The van der Waals surface area contributed by atoms with E-state index in [0.717, 1.165) is 22.6 Å². The number of aromatic nitrogens is 1. The van der Waals surface area contributed by atoms with Gasteiger partial charge in [-0.1, -0.05) is 23.7 Å². The van der Waals surface area contributed by atoms with E-state index in [2.05, 4.69) is 11.1 Å². The number of hydrogen-bond acceptors (Lipinski definition) is 5. The highest BCUT2D eigenvalue weighted by Gasteiger charge is 2.13. The third-order valence-electron chi connectivity index (χ3n) is 3.72. The topological polar surface area (TPSA) is 55.1 Å². The monoisotopic (exact) mass is 382 g/mol. The van der Waals surface area contributed by atoms with Crippen molar-refractivity contribution in [3.63, 3.8) is 0 Å². The van der Waals surface area contributed by atoms with Crippen LogP contribution in [0.2, 0.25) is 5.02 Å². The normalized spacial score (nSPS) is 11.1. The molecule has 0 saturated carbocycles. The fourth-order valence-corrected chi connectivity index (χ4v) is 3.37. The van der Waals surface area contributed by atoms with Crippen molar-refractivity contribution in [1.82, 2.24) is 4.98 Å². The molecule has 0 aliphatic rings. The fourth-order valence-electron chi connectivity index (χ4n) is 2.41. The molecule has 2 aromatic carbocycles. The molecule has 0 atom stereocenters. The van der Waals surface area contributed by atoms with Gasteiger partial charge in [-0.25, -0.2) is 4.98 Å². The lowest BCUT2D eigenvalue weighted by Gasteiger charge is -2.06. The highest BCUT2D eigenvalue weighted by atomic mass is 35.5. The molecule has 6 heteroatoms. The molecule has 3 aromatic rings. The van der Waals surface area contributed by atoms with Gasteiger partial charge in [-0.2, -0.15) is 5.26 Å². The molecule has 1 aromatic heterocycles. The Balaban J connectivity index is 1.96. The van der Waals surface area contributed by atoms with E-state index in [4.69, 9.17) is 21.1 Å². The molecule has 0 fully saturated rings. The first-order valence-corrected chi connectivity index (χ1v) is 8.96. The number of nitrogens with zero attached hydrogens (tertiary/aromatic N) is 2. The van der Waals surface area contributed by atoms with E-state index >= 15 is 0 Å². The van der Waals surface area contributed by atoms with Gasteiger partial charge in [-0.15, -0.1) is 11.3 Å². The number of halogens is 1. The van der Waals surface area contributed by atoms with Crippen molar-refractivity contribution in [3.05, 3.63) is 63.4 Å². The predicted octanol–water partition coefficient (Wildman–Crippen LogP) is 5.54. The molecule has 3 rings (SSSR count). The molecule has 4 nitrogen and oxygen atoms in total. The maximum Gasteiger partial charge on any atom is 0.134 e.